The molecular formula is C12H16BrNO2. The first kappa shape index (κ1) is 13.2. The smallest absolute Gasteiger partial charge is 0.222 e. The second-order valence-corrected chi connectivity index (χ2v) is 4.56. The van der Waals surface area contributed by atoms with Crippen LogP contribution in [0.3, 0.4) is 0 Å². The minimum Gasteiger partial charge on any atom is -0.396 e. The fourth-order valence-electron chi connectivity index (χ4n) is 1.44. The van der Waals surface area contributed by atoms with Crippen LogP contribution in [0.4, 0.5) is 0 Å². The maximum Gasteiger partial charge on any atom is 0.222 e. The van der Waals surface area contributed by atoms with E-state index in [1.807, 2.05) is 6.07 Å². The molecule has 0 aliphatic heterocycles. The molecule has 0 spiro atoms. The van der Waals surface area contributed by atoms with Gasteiger partial charge in [-0.1, -0.05) is 22.0 Å². The molecule has 1 aromatic carbocycles. The van der Waals surface area contributed by atoms with E-state index in [0.717, 1.165) is 10.9 Å². The lowest BCUT2D eigenvalue weighted by Crippen LogP contribution is -2.26. The first-order chi connectivity index (χ1) is 7.63. The molecule has 16 heavy (non-hydrogen) atoms. The van der Waals surface area contributed by atoms with Crippen LogP contribution in [0, 0.1) is 6.92 Å². The van der Waals surface area contributed by atoms with Crippen LogP contribution in [0.15, 0.2) is 22.7 Å². The zero-order valence-electron chi connectivity index (χ0n) is 9.29. The quantitative estimate of drug-likeness (QED) is 0.867. The monoisotopic (exact) mass is 285 g/mol. The number of hydrogen-bond acceptors (Lipinski definition) is 2. The molecule has 2 N–H and O–H groups in total. The van der Waals surface area contributed by atoms with Crippen LogP contribution in [0.25, 0.3) is 0 Å². The van der Waals surface area contributed by atoms with Gasteiger partial charge < -0.3 is 10.4 Å². The fraction of sp³-hybridized carbons (Fsp3) is 0.417. The van der Waals surface area contributed by atoms with E-state index in [2.05, 4.69) is 40.3 Å². The number of nitrogens with one attached hydrogen (secondary N) is 1. The summed E-state index contributed by atoms with van der Waals surface area (Å²) < 4.78 is 1.05. The van der Waals surface area contributed by atoms with Crippen molar-refractivity contribution in [1.29, 1.82) is 0 Å². The highest BCUT2D eigenvalue weighted by Gasteiger charge is 2.02. The molecule has 0 aromatic heterocycles. The summed E-state index contributed by atoms with van der Waals surface area (Å²) in [4.78, 5) is 11.1. The number of aliphatic hydroxyl groups is 1. The van der Waals surface area contributed by atoms with Gasteiger partial charge in [0, 0.05) is 17.4 Å². The van der Waals surface area contributed by atoms with Crippen molar-refractivity contribution in [3.8, 4) is 0 Å². The average Bonchev–Trinajstić information content (AvgIpc) is 2.23. The van der Waals surface area contributed by atoms with E-state index in [0.29, 0.717) is 6.54 Å². The van der Waals surface area contributed by atoms with Gasteiger partial charge in [0.05, 0.1) is 6.61 Å². The van der Waals surface area contributed by atoms with Gasteiger partial charge in [0.15, 0.2) is 0 Å². The molecule has 0 aliphatic carbocycles. The number of aliphatic hydroxyl groups excluding tert-OH is 1. The van der Waals surface area contributed by atoms with Crippen molar-refractivity contribution in [3.05, 3.63) is 33.8 Å². The number of halogens is 1. The van der Waals surface area contributed by atoms with Gasteiger partial charge in [0.2, 0.25) is 5.91 Å². The van der Waals surface area contributed by atoms with Crippen molar-refractivity contribution in [1.82, 2.24) is 5.32 Å². The highest BCUT2D eigenvalue weighted by atomic mass is 79.9. The van der Waals surface area contributed by atoms with Crippen molar-refractivity contribution >= 4 is 21.8 Å². The number of benzene rings is 1. The summed E-state index contributed by atoms with van der Waals surface area (Å²) in [5, 5.41) is 11.3. The van der Waals surface area contributed by atoms with E-state index in [4.69, 9.17) is 5.11 Å². The van der Waals surface area contributed by atoms with E-state index < -0.39 is 0 Å². The lowest BCUT2D eigenvalue weighted by molar-refractivity contribution is -0.121. The summed E-state index contributed by atoms with van der Waals surface area (Å²) in [5.41, 5.74) is 2.44. The first-order valence-corrected chi connectivity index (χ1v) is 6.05. The van der Waals surface area contributed by atoms with Gasteiger partial charge in [0.25, 0.3) is 0 Å². The Morgan fingerprint density at radius 3 is 2.94 bits per heavy atom. The first-order valence-electron chi connectivity index (χ1n) is 5.26. The molecule has 1 amide bonds. The minimum atomic E-state index is -0.102. The Bertz CT molecular complexity index is 366. The molecule has 3 nitrogen and oxygen atoms in total. The van der Waals surface area contributed by atoms with Crippen LogP contribution in [0.1, 0.15) is 17.5 Å². The average molecular weight is 286 g/mol. The van der Waals surface area contributed by atoms with Crippen LogP contribution >= 0.6 is 15.9 Å². The summed E-state index contributed by atoms with van der Waals surface area (Å²) in [6.07, 6.45) is 0.986. The molecule has 0 aliphatic rings. The van der Waals surface area contributed by atoms with Crippen LogP contribution in [0.2, 0.25) is 0 Å². The molecule has 0 unspecified atom stereocenters. The zero-order valence-corrected chi connectivity index (χ0v) is 10.9. The third-order valence-corrected chi connectivity index (χ3v) is 2.86. The maximum atomic E-state index is 11.1. The molecule has 0 bridgehead atoms. The number of rotatable bonds is 5. The SMILES string of the molecule is Cc1ccc(Br)cc1CCNC(=O)CCO. The Morgan fingerprint density at radius 2 is 2.25 bits per heavy atom. The highest BCUT2D eigenvalue weighted by Crippen LogP contribution is 2.16. The van der Waals surface area contributed by atoms with E-state index in [1.54, 1.807) is 0 Å². The van der Waals surface area contributed by atoms with E-state index >= 15 is 0 Å². The van der Waals surface area contributed by atoms with Gasteiger partial charge in [-0.15, -0.1) is 0 Å². The zero-order chi connectivity index (χ0) is 12.0. The van der Waals surface area contributed by atoms with Crippen molar-refractivity contribution < 1.29 is 9.90 Å². The molecule has 1 rings (SSSR count). The summed E-state index contributed by atoms with van der Waals surface area (Å²) in [6.45, 7) is 2.56. The number of amides is 1. The van der Waals surface area contributed by atoms with Crippen molar-refractivity contribution in [2.75, 3.05) is 13.2 Å². The molecular weight excluding hydrogens is 270 g/mol. The van der Waals surface area contributed by atoms with Gasteiger partial charge in [-0.25, -0.2) is 0 Å². The Hall–Kier alpha value is -0.870. The van der Waals surface area contributed by atoms with Crippen LogP contribution < -0.4 is 5.32 Å². The van der Waals surface area contributed by atoms with E-state index in [9.17, 15) is 4.79 Å². The number of hydrogen-bond donors (Lipinski definition) is 2. The second kappa shape index (κ2) is 6.66. The summed E-state index contributed by atoms with van der Waals surface area (Å²) >= 11 is 3.42. The standard InChI is InChI=1S/C12H16BrNO2/c1-9-2-3-11(13)8-10(9)4-6-14-12(16)5-7-15/h2-3,8,15H,4-7H2,1H3,(H,14,16). The van der Waals surface area contributed by atoms with Gasteiger partial charge in [0.1, 0.15) is 0 Å². The predicted molar refractivity (Wildman–Crippen MR) is 67.3 cm³/mol. The predicted octanol–water partition coefficient (Wildman–Crippen LogP) is 1.80. The third kappa shape index (κ3) is 4.33. The molecule has 0 atom stereocenters. The lowest BCUT2D eigenvalue weighted by Gasteiger charge is -2.07. The number of aryl methyl sites for hydroxylation is 1. The third-order valence-electron chi connectivity index (χ3n) is 2.37. The van der Waals surface area contributed by atoms with Crippen LogP contribution in [0.5, 0.6) is 0 Å². The van der Waals surface area contributed by atoms with Crippen LogP contribution in [-0.4, -0.2) is 24.2 Å². The highest BCUT2D eigenvalue weighted by molar-refractivity contribution is 9.10. The van der Waals surface area contributed by atoms with Gasteiger partial charge >= 0.3 is 0 Å². The second-order valence-electron chi connectivity index (χ2n) is 3.64. The van der Waals surface area contributed by atoms with E-state index in [1.165, 1.54) is 11.1 Å². The molecule has 0 fully saturated rings. The van der Waals surface area contributed by atoms with Gasteiger partial charge in [-0.2, -0.15) is 0 Å². The largest absolute Gasteiger partial charge is 0.396 e. The normalized spacial score (nSPS) is 10.2. The Morgan fingerprint density at radius 1 is 1.50 bits per heavy atom. The number of carbonyl (C=O) groups is 1. The number of carbonyl (C=O) groups excluding carboxylic acids is 1. The molecule has 1 aromatic rings. The summed E-state index contributed by atoms with van der Waals surface area (Å²) in [7, 11) is 0. The lowest BCUT2D eigenvalue weighted by atomic mass is 10.1. The molecule has 0 radical (unpaired) electrons. The fourth-order valence-corrected chi connectivity index (χ4v) is 1.84. The van der Waals surface area contributed by atoms with Crippen molar-refractivity contribution in [2.45, 2.75) is 19.8 Å². The molecule has 0 saturated heterocycles. The Balaban J connectivity index is 2.42. The van der Waals surface area contributed by atoms with Crippen molar-refractivity contribution in [3.63, 3.8) is 0 Å². The van der Waals surface area contributed by atoms with E-state index in [-0.39, 0.29) is 18.9 Å². The Kier molecular flexibility index (Phi) is 5.49. The van der Waals surface area contributed by atoms with Gasteiger partial charge in [-0.3, -0.25) is 4.79 Å². The Labute approximate surface area is 104 Å². The molecule has 0 heterocycles. The summed E-state index contributed by atoms with van der Waals surface area (Å²) in [5.74, 6) is -0.102. The maximum absolute atomic E-state index is 11.1. The topological polar surface area (TPSA) is 49.3 Å². The molecule has 88 valence electrons. The van der Waals surface area contributed by atoms with Crippen LogP contribution in [-0.2, 0) is 11.2 Å². The van der Waals surface area contributed by atoms with Gasteiger partial charge in [-0.05, 0) is 36.6 Å². The minimum absolute atomic E-state index is 0.0955. The molecule has 4 heteroatoms. The van der Waals surface area contributed by atoms with Crippen molar-refractivity contribution in [2.24, 2.45) is 0 Å². The molecule has 0 saturated carbocycles. The summed E-state index contributed by atoms with van der Waals surface area (Å²) in [6, 6.07) is 6.12.